The molecule has 224 valence electrons. The summed E-state index contributed by atoms with van der Waals surface area (Å²) in [6.45, 7) is 16.1. The van der Waals surface area contributed by atoms with Crippen molar-refractivity contribution in [3.8, 4) is 0 Å². The van der Waals surface area contributed by atoms with Crippen molar-refractivity contribution in [3.05, 3.63) is 130 Å². The number of benzene rings is 4. The van der Waals surface area contributed by atoms with Crippen molar-refractivity contribution < 1.29 is 4.90 Å². The van der Waals surface area contributed by atoms with Crippen LogP contribution in [-0.4, -0.2) is 19.1 Å². The number of allylic oxidation sites excluding steroid dienone is 7. The van der Waals surface area contributed by atoms with E-state index in [4.69, 9.17) is 11.6 Å². The average Bonchev–Trinajstić information content (AvgIpc) is 3.57. The van der Waals surface area contributed by atoms with Crippen molar-refractivity contribution in [3.63, 3.8) is 0 Å². The van der Waals surface area contributed by atoms with E-state index in [1.165, 1.54) is 65.8 Å². The second-order valence-electron chi connectivity index (χ2n) is 13.8. The second-order valence-corrected chi connectivity index (χ2v) is 14.2. The van der Waals surface area contributed by atoms with Crippen LogP contribution in [0.15, 0.2) is 119 Å². The van der Waals surface area contributed by atoms with Crippen LogP contribution in [0.25, 0.3) is 21.5 Å². The van der Waals surface area contributed by atoms with Crippen molar-refractivity contribution in [1.82, 2.24) is 0 Å². The highest BCUT2D eigenvalue weighted by atomic mass is 35.5. The fraction of sp³-hybridized carbons (Fsp3) is 0.317. The first-order chi connectivity index (χ1) is 21.2. The smallest absolute Gasteiger partial charge is 0.136 e. The highest BCUT2D eigenvalue weighted by Crippen LogP contribution is 2.51. The Balaban J connectivity index is 1.21. The summed E-state index contributed by atoms with van der Waals surface area (Å²) in [6, 6.07) is 27.2. The maximum atomic E-state index is 7.14. The highest BCUT2D eigenvalue weighted by molar-refractivity contribution is 6.33. The Hall–Kier alpha value is -3.59. The van der Waals surface area contributed by atoms with Crippen molar-refractivity contribution in [2.75, 3.05) is 18.0 Å². The molecular weight excluding hydrogens is 556 g/mol. The van der Waals surface area contributed by atoms with Crippen LogP contribution in [0.1, 0.15) is 65.5 Å². The van der Waals surface area contributed by atoms with Gasteiger partial charge in [0.25, 0.3) is 0 Å². The van der Waals surface area contributed by atoms with Gasteiger partial charge in [0.15, 0.2) is 0 Å². The minimum Gasteiger partial charge on any atom is -0.344 e. The van der Waals surface area contributed by atoms with E-state index in [9.17, 15) is 0 Å². The zero-order valence-electron chi connectivity index (χ0n) is 27.0. The highest BCUT2D eigenvalue weighted by Gasteiger charge is 2.48. The number of quaternary nitrogens is 1. The molecule has 3 aliphatic rings. The van der Waals surface area contributed by atoms with Crippen LogP contribution in [0.4, 0.5) is 11.4 Å². The second kappa shape index (κ2) is 10.8. The zero-order valence-corrected chi connectivity index (χ0v) is 27.7. The SMILES string of the molecule is CCN1C(=CC=C2CCC(C=CC3[NH+](CC)c4ccc5ccccc5c4C3(C)C)=C2Cl)C(C)(C)c2c1ccc1ccccc21. The fourth-order valence-corrected chi connectivity index (χ4v) is 8.85. The van der Waals surface area contributed by atoms with E-state index in [2.05, 4.69) is 144 Å². The van der Waals surface area contributed by atoms with E-state index >= 15 is 0 Å². The Labute approximate surface area is 268 Å². The predicted octanol–water partition coefficient (Wildman–Crippen LogP) is 9.66. The summed E-state index contributed by atoms with van der Waals surface area (Å²) in [7, 11) is 0. The summed E-state index contributed by atoms with van der Waals surface area (Å²) in [4.78, 5) is 4.02. The van der Waals surface area contributed by atoms with Crippen LogP contribution in [-0.2, 0) is 10.8 Å². The predicted molar refractivity (Wildman–Crippen MR) is 189 cm³/mol. The Morgan fingerprint density at radius 1 is 0.818 bits per heavy atom. The molecule has 2 heterocycles. The van der Waals surface area contributed by atoms with Gasteiger partial charge in [0.05, 0.1) is 12.0 Å². The van der Waals surface area contributed by atoms with Gasteiger partial charge in [-0.2, -0.15) is 0 Å². The number of rotatable bonds is 5. The first-order valence-electron chi connectivity index (χ1n) is 16.3. The molecule has 7 rings (SSSR count). The summed E-state index contributed by atoms with van der Waals surface area (Å²) >= 11 is 7.14. The summed E-state index contributed by atoms with van der Waals surface area (Å²) in [5.41, 5.74) is 9.45. The molecule has 1 aliphatic carbocycles. The molecule has 0 saturated heterocycles. The number of likely N-dealkylation sites (N-methyl/N-ethyl adjacent to an activating group) is 2. The van der Waals surface area contributed by atoms with Crippen LogP contribution in [0.2, 0.25) is 0 Å². The molecule has 1 N–H and O–H groups in total. The Kier molecular flexibility index (Phi) is 7.15. The number of nitrogens with one attached hydrogen (secondary N) is 1. The number of nitrogens with zero attached hydrogens (tertiary/aromatic N) is 1. The lowest BCUT2D eigenvalue weighted by Crippen LogP contribution is -3.10. The average molecular weight is 600 g/mol. The van der Waals surface area contributed by atoms with Gasteiger partial charge in [0.2, 0.25) is 0 Å². The third kappa shape index (κ3) is 4.33. The summed E-state index contributed by atoms with van der Waals surface area (Å²) in [5, 5.41) is 6.30. The maximum Gasteiger partial charge on any atom is 0.136 e. The normalized spacial score (nSPS) is 24.0. The lowest BCUT2D eigenvalue weighted by molar-refractivity contribution is -0.848. The van der Waals surface area contributed by atoms with E-state index in [1.54, 1.807) is 0 Å². The number of fused-ring (bicyclic) bond motifs is 6. The van der Waals surface area contributed by atoms with Gasteiger partial charge in [0, 0.05) is 40.0 Å². The molecule has 0 fully saturated rings. The maximum absolute atomic E-state index is 7.14. The van der Waals surface area contributed by atoms with Crippen molar-refractivity contribution in [1.29, 1.82) is 0 Å². The zero-order chi connectivity index (χ0) is 30.8. The van der Waals surface area contributed by atoms with E-state index in [0.717, 1.165) is 31.0 Å². The lowest BCUT2D eigenvalue weighted by Gasteiger charge is -2.27. The molecule has 0 spiro atoms. The standard InChI is InChI=1S/C41H43ClN2/c1-7-43-33-23-19-27-13-9-11-15-31(27)37(33)40(3,4)35(43)25-21-29-17-18-30(39(29)42)22-26-36-41(5,6)38-32-16-12-10-14-28(32)20-24-34(38)44(36)8-2/h9-16,19-26,35H,7-8,17-18H2,1-6H3/p+1. The monoisotopic (exact) mass is 599 g/mol. The summed E-state index contributed by atoms with van der Waals surface area (Å²) in [6.07, 6.45) is 11.4. The quantitative estimate of drug-likeness (QED) is 0.240. The molecular formula is C41H44ClN2+. The van der Waals surface area contributed by atoms with Gasteiger partial charge in [-0.05, 0) is 103 Å². The molecule has 0 bridgehead atoms. The molecule has 2 aliphatic heterocycles. The Morgan fingerprint density at radius 2 is 1.48 bits per heavy atom. The van der Waals surface area contributed by atoms with Gasteiger partial charge < -0.3 is 4.90 Å². The van der Waals surface area contributed by atoms with Crippen LogP contribution < -0.4 is 9.80 Å². The minimum atomic E-state index is -0.0968. The number of hydrogen-bond acceptors (Lipinski definition) is 1. The van der Waals surface area contributed by atoms with Crippen LogP contribution in [0, 0.1) is 0 Å². The number of hydrogen-bond donors (Lipinski definition) is 1. The summed E-state index contributed by atoms with van der Waals surface area (Å²) in [5.74, 6) is 0. The van der Waals surface area contributed by atoms with Gasteiger partial charge in [-0.1, -0.05) is 92.2 Å². The van der Waals surface area contributed by atoms with Crippen molar-refractivity contribution >= 4 is 44.5 Å². The van der Waals surface area contributed by atoms with Crippen LogP contribution in [0.5, 0.6) is 0 Å². The van der Waals surface area contributed by atoms with Gasteiger partial charge in [-0.3, -0.25) is 4.90 Å². The molecule has 3 heteroatoms. The molecule has 0 amide bonds. The Bertz CT molecular complexity index is 1920. The molecule has 4 aromatic rings. The van der Waals surface area contributed by atoms with E-state index in [0.29, 0.717) is 6.04 Å². The van der Waals surface area contributed by atoms with E-state index < -0.39 is 0 Å². The lowest BCUT2D eigenvalue weighted by atomic mass is 9.78. The number of halogens is 1. The van der Waals surface area contributed by atoms with E-state index in [1.807, 2.05) is 0 Å². The third-order valence-corrected chi connectivity index (χ3v) is 11.2. The molecule has 0 radical (unpaired) electrons. The molecule has 2 nitrogen and oxygen atoms in total. The molecule has 0 saturated carbocycles. The van der Waals surface area contributed by atoms with E-state index in [-0.39, 0.29) is 10.8 Å². The molecule has 0 aromatic heterocycles. The third-order valence-electron chi connectivity index (χ3n) is 10.7. The first-order valence-corrected chi connectivity index (χ1v) is 16.7. The molecule has 44 heavy (non-hydrogen) atoms. The molecule has 4 aromatic carbocycles. The van der Waals surface area contributed by atoms with Gasteiger partial charge >= 0.3 is 0 Å². The molecule has 2 unspecified atom stereocenters. The van der Waals surface area contributed by atoms with Crippen LogP contribution >= 0.6 is 11.6 Å². The fourth-order valence-electron chi connectivity index (χ4n) is 8.54. The van der Waals surface area contributed by atoms with Crippen molar-refractivity contribution in [2.24, 2.45) is 0 Å². The topological polar surface area (TPSA) is 7.68 Å². The van der Waals surface area contributed by atoms with Gasteiger partial charge in [-0.25, -0.2) is 0 Å². The first kappa shape index (κ1) is 29.1. The molecule has 2 atom stereocenters. The number of anilines is 1. The van der Waals surface area contributed by atoms with Gasteiger partial charge in [0.1, 0.15) is 11.7 Å². The van der Waals surface area contributed by atoms with Gasteiger partial charge in [-0.15, -0.1) is 0 Å². The summed E-state index contributed by atoms with van der Waals surface area (Å²) < 4.78 is 0. The minimum absolute atomic E-state index is 0.0175. The Morgan fingerprint density at radius 3 is 2.16 bits per heavy atom. The van der Waals surface area contributed by atoms with Crippen LogP contribution in [0.3, 0.4) is 0 Å². The van der Waals surface area contributed by atoms with Crippen molar-refractivity contribution in [2.45, 2.75) is 71.3 Å². The largest absolute Gasteiger partial charge is 0.344 e.